The van der Waals surface area contributed by atoms with Crippen molar-refractivity contribution in [1.29, 1.82) is 0 Å². The molecule has 27 heavy (non-hydrogen) atoms. The summed E-state index contributed by atoms with van der Waals surface area (Å²) in [6.07, 6.45) is 7.32. The summed E-state index contributed by atoms with van der Waals surface area (Å²) >= 11 is 0. The number of pyridine rings is 1. The van der Waals surface area contributed by atoms with Crippen molar-refractivity contribution in [2.75, 3.05) is 36.0 Å². The molecule has 0 N–H and O–H groups in total. The lowest BCUT2D eigenvalue weighted by Crippen LogP contribution is -2.46. The van der Waals surface area contributed by atoms with Crippen molar-refractivity contribution in [2.24, 2.45) is 0 Å². The molecule has 0 saturated carbocycles. The predicted molar refractivity (Wildman–Crippen MR) is 105 cm³/mol. The van der Waals surface area contributed by atoms with E-state index in [4.69, 9.17) is 0 Å². The highest BCUT2D eigenvalue weighted by molar-refractivity contribution is 5.81. The van der Waals surface area contributed by atoms with Gasteiger partial charge in [0.25, 0.3) is 0 Å². The minimum atomic E-state index is -0.271. The van der Waals surface area contributed by atoms with E-state index in [-0.39, 0.29) is 5.82 Å². The molecule has 2 fully saturated rings. The van der Waals surface area contributed by atoms with Gasteiger partial charge in [-0.3, -0.25) is 4.98 Å². The number of fused-ring (bicyclic) bond motifs is 1. The van der Waals surface area contributed by atoms with Crippen LogP contribution in [0.2, 0.25) is 0 Å². The summed E-state index contributed by atoms with van der Waals surface area (Å²) in [7, 11) is 0. The molecule has 6 heteroatoms. The van der Waals surface area contributed by atoms with E-state index in [0.29, 0.717) is 11.4 Å². The lowest BCUT2D eigenvalue weighted by molar-refractivity contribution is 0.501. The Morgan fingerprint density at radius 2 is 1.70 bits per heavy atom. The van der Waals surface area contributed by atoms with Gasteiger partial charge in [-0.25, -0.2) is 14.4 Å². The number of rotatable bonds is 3. The molecule has 138 valence electrons. The van der Waals surface area contributed by atoms with Crippen molar-refractivity contribution < 1.29 is 4.39 Å². The SMILES string of the molecule is Fc1cccc2ccc(N3CC(c4nccnc4N4CCCCC4)C3)nc12. The van der Waals surface area contributed by atoms with Crippen LogP contribution in [0.25, 0.3) is 10.9 Å². The highest BCUT2D eigenvalue weighted by atomic mass is 19.1. The summed E-state index contributed by atoms with van der Waals surface area (Å²) in [4.78, 5) is 18.4. The van der Waals surface area contributed by atoms with Crippen LogP contribution in [0.15, 0.2) is 42.7 Å². The Bertz CT molecular complexity index is 964. The third kappa shape index (κ3) is 2.99. The van der Waals surface area contributed by atoms with Crippen LogP contribution in [-0.2, 0) is 0 Å². The highest BCUT2D eigenvalue weighted by Crippen LogP contribution is 2.35. The molecular weight excluding hydrogens is 341 g/mol. The van der Waals surface area contributed by atoms with Crippen molar-refractivity contribution in [1.82, 2.24) is 15.0 Å². The lowest BCUT2D eigenvalue weighted by atomic mass is 9.95. The maximum atomic E-state index is 14.0. The number of piperidine rings is 1. The van der Waals surface area contributed by atoms with Gasteiger partial charge < -0.3 is 9.80 Å². The Hall–Kier alpha value is -2.76. The summed E-state index contributed by atoms with van der Waals surface area (Å²) in [6, 6.07) is 8.98. The molecule has 2 aliphatic heterocycles. The molecule has 2 saturated heterocycles. The predicted octanol–water partition coefficient (Wildman–Crippen LogP) is 3.76. The van der Waals surface area contributed by atoms with Crippen LogP contribution in [0, 0.1) is 5.82 Å². The molecule has 0 atom stereocenters. The molecular formula is C21H22FN5. The molecule has 5 rings (SSSR count). The number of hydrogen-bond donors (Lipinski definition) is 0. The van der Waals surface area contributed by atoms with Gasteiger partial charge in [0.2, 0.25) is 0 Å². The fourth-order valence-corrected chi connectivity index (χ4v) is 4.09. The summed E-state index contributed by atoms with van der Waals surface area (Å²) < 4.78 is 14.0. The first-order valence-electron chi connectivity index (χ1n) is 9.66. The summed E-state index contributed by atoms with van der Waals surface area (Å²) in [6.45, 7) is 3.81. The van der Waals surface area contributed by atoms with E-state index in [1.54, 1.807) is 18.5 Å². The first kappa shape index (κ1) is 16.4. The highest BCUT2D eigenvalue weighted by Gasteiger charge is 2.33. The zero-order valence-electron chi connectivity index (χ0n) is 15.2. The molecule has 2 aromatic heterocycles. The van der Waals surface area contributed by atoms with Crippen LogP contribution in [0.3, 0.4) is 0 Å². The average molecular weight is 363 g/mol. The van der Waals surface area contributed by atoms with Gasteiger partial charge in [0.15, 0.2) is 5.82 Å². The minimum absolute atomic E-state index is 0.271. The van der Waals surface area contributed by atoms with Crippen molar-refractivity contribution >= 4 is 22.5 Å². The van der Waals surface area contributed by atoms with Gasteiger partial charge >= 0.3 is 0 Å². The van der Waals surface area contributed by atoms with Gasteiger partial charge in [-0.15, -0.1) is 0 Å². The molecule has 0 aliphatic carbocycles. The average Bonchev–Trinajstić information content (AvgIpc) is 2.69. The topological polar surface area (TPSA) is 45.2 Å². The zero-order chi connectivity index (χ0) is 18.2. The van der Waals surface area contributed by atoms with Crippen molar-refractivity contribution in [3.63, 3.8) is 0 Å². The Kier molecular flexibility index (Phi) is 4.11. The number of para-hydroxylation sites is 1. The Balaban J connectivity index is 1.36. The molecule has 0 bridgehead atoms. The molecule has 0 amide bonds. The van der Waals surface area contributed by atoms with Crippen LogP contribution in [0.5, 0.6) is 0 Å². The Morgan fingerprint density at radius 1 is 0.889 bits per heavy atom. The normalized spacial score (nSPS) is 18.0. The molecule has 0 unspecified atom stereocenters. The maximum absolute atomic E-state index is 14.0. The first-order chi connectivity index (χ1) is 13.3. The van der Waals surface area contributed by atoms with E-state index >= 15 is 0 Å². The largest absolute Gasteiger partial charge is 0.355 e. The molecule has 0 radical (unpaired) electrons. The Labute approximate surface area is 157 Å². The van der Waals surface area contributed by atoms with Gasteiger partial charge in [-0.1, -0.05) is 12.1 Å². The summed E-state index contributed by atoms with van der Waals surface area (Å²) in [5.74, 6) is 1.94. The molecule has 0 spiro atoms. The van der Waals surface area contributed by atoms with Crippen LogP contribution in [0.1, 0.15) is 30.9 Å². The molecule has 4 heterocycles. The van der Waals surface area contributed by atoms with Gasteiger partial charge in [-0.2, -0.15) is 0 Å². The first-order valence-corrected chi connectivity index (χ1v) is 9.66. The standard InChI is InChI=1S/C21H22FN5/c22-17-6-4-5-15-7-8-18(25-19(15)17)27-13-16(14-27)20-21(24-10-9-23-20)26-11-2-1-3-12-26/h4-10,16H,1-3,11-14H2. The molecule has 3 aromatic rings. The minimum Gasteiger partial charge on any atom is -0.355 e. The van der Waals surface area contributed by atoms with Gasteiger partial charge in [0.05, 0.1) is 5.69 Å². The number of benzene rings is 1. The maximum Gasteiger partial charge on any atom is 0.150 e. The molecule has 1 aromatic carbocycles. The quantitative estimate of drug-likeness (QED) is 0.709. The zero-order valence-corrected chi connectivity index (χ0v) is 15.2. The Morgan fingerprint density at radius 3 is 2.56 bits per heavy atom. The third-order valence-electron chi connectivity index (χ3n) is 5.61. The smallest absolute Gasteiger partial charge is 0.150 e. The number of anilines is 2. The lowest BCUT2D eigenvalue weighted by Gasteiger charge is -2.41. The number of hydrogen-bond acceptors (Lipinski definition) is 5. The van der Waals surface area contributed by atoms with Crippen LogP contribution in [0.4, 0.5) is 16.0 Å². The number of aromatic nitrogens is 3. The van der Waals surface area contributed by atoms with E-state index in [1.165, 1.54) is 25.3 Å². The van der Waals surface area contributed by atoms with Crippen LogP contribution in [-0.4, -0.2) is 41.1 Å². The number of nitrogens with zero attached hydrogens (tertiary/aromatic N) is 5. The van der Waals surface area contributed by atoms with E-state index in [1.807, 2.05) is 18.2 Å². The summed E-state index contributed by atoms with van der Waals surface area (Å²) in [5, 5.41) is 0.831. The van der Waals surface area contributed by atoms with E-state index in [0.717, 1.165) is 48.9 Å². The van der Waals surface area contributed by atoms with E-state index in [9.17, 15) is 4.39 Å². The summed E-state index contributed by atoms with van der Waals surface area (Å²) in [5.41, 5.74) is 1.52. The van der Waals surface area contributed by atoms with E-state index in [2.05, 4.69) is 24.8 Å². The van der Waals surface area contributed by atoms with Gasteiger partial charge in [0, 0.05) is 49.9 Å². The van der Waals surface area contributed by atoms with Crippen LogP contribution < -0.4 is 9.80 Å². The van der Waals surface area contributed by atoms with Crippen molar-refractivity contribution in [3.8, 4) is 0 Å². The molecule has 5 nitrogen and oxygen atoms in total. The third-order valence-corrected chi connectivity index (χ3v) is 5.61. The van der Waals surface area contributed by atoms with Crippen molar-refractivity contribution in [2.45, 2.75) is 25.2 Å². The second-order valence-electron chi connectivity index (χ2n) is 7.40. The van der Waals surface area contributed by atoms with E-state index < -0.39 is 0 Å². The monoisotopic (exact) mass is 363 g/mol. The molecule has 2 aliphatic rings. The van der Waals surface area contributed by atoms with Gasteiger partial charge in [0.1, 0.15) is 17.2 Å². The number of halogens is 1. The fraction of sp³-hybridized carbons (Fsp3) is 0.381. The van der Waals surface area contributed by atoms with Gasteiger partial charge in [-0.05, 0) is 37.5 Å². The second kappa shape index (κ2) is 6.76. The van der Waals surface area contributed by atoms with Crippen molar-refractivity contribution in [3.05, 3.63) is 54.2 Å². The second-order valence-corrected chi connectivity index (χ2v) is 7.40. The fourth-order valence-electron chi connectivity index (χ4n) is 4.09. The van der Waals surface area contributed by atoms with Crippen LogP contribution >= 0.6 is 0 Å².